The van der Waals surface area contributed by atoms with Gasteiger partial charge < -0.3 is 20.5 Å². The second-order valence-electron chi connectivity index (χ2n) is 5.60. The van der Waals surface area contributed by atoms with Gasteiger partial charge in [-0.05, 0) is 24.2 Å². The molecule has 0 aliphatic heterocycles. The molecule has 0 spiro atoms. The highest BCUT2D eigenvalue weighted by Crippen LogP contribution is 2.28. The van der Waals surface area contributed by atoms with Crippen LogP contribution in [0, 0.1) is 11.3 Å². The number of aldehydes is 1. The van der Waals surface area contributed by atoms with E-state index in [9.17, 15) is 14.4 Å². The van der Waals surface area contributed by atoms with Gasteiger partial charge in [0.15, 0.2) is 6.29 Å². The van der Waals surface area contributed by atoms with Gasteiger partial charge in [0, 0.05) is 13.1 Å². The zero-order valence-electron chi connectivity index (χ0n) is 12.3. The Morgan fingerprint density at radius 3 is 2.55 bits per heavy atom. The monoisotopic (exact) mass is 288 g/mol. The molecule has 7 heteroatoms. The van der Waals surface area contributed by atoms with Crippen LogP contribution in [0.15, 0.2) is 0 Å². The third-order valence-corrected chi connectivity index (χ3v) is 2.86. The highest BCUT2D eigenvalue weighted by molar-refractivity contribution is 5.69. The quantitative estimate of drug-likeness (QED) is 0.559. The number of nitrogens with one attached hydrogen (secondary N) is 2. The Morgan fingerprint density at radius 1 is 1.35 bits per heavy atom. The van der Waals surface area contributed by atoms with E-state index in [0.29, 0.717) is 19.4 Å². The number of rotatable bonds is 9. The van der Waals surface area contributed by atoms with E-state index in [2.05, 4.69) is 29.2 Å². The number of ether oxygens (including phenoxy) is 1. The molecule has 116 valence electrons. The summed E-state index contributed by atoms with van der Waals surface area (Å²) in [7, 11) is 0. The lowest BCUT2D eigenvalue weighted by Crippen LogP contribution is -2.32. The van der Waals surface area contributed by atoms with Gasteiger partial charge in [-0.2, -0.15) is 0 Å². The van der Waals surface area contributed by atoms with Gasteiger partial charge in [0.1, 0.15) is 6.61 Å². The molecule has 0 fully saturated rings. The van der Waals surface area contributed by atoms with Crippen molar-refractivity contribution in [2.75, 3.05) is 19.7 Å². The minimum absolute atomic E-state index is 0.0315. The van der Waals surface area contributed by atoms with Crippen LogP contribution in [-0.4, -0.2) is 43.3 Å². The first-order valence-electron chi connectivity index (χ1n) is 6.58. The molecule has 0 radical (unpaired) electrons. The van der Waals surface area contributed by atoms with Crippen molar-refractivity contribution >= 4 is 18.5 Å². The summed E-state index contributed by atoms with van der Waals surface area (Å²) >= 11 is 0. The van der Waals surface area contributed by atoms with Crippen molar-refractivity contribution in [3.05, 3.63) is 0 Å². The highest BCUT2D eigenvalue weighted by Gasteiger charge is 2.21. The second-order valence-corrected chi connectivity index (χ2v) is 5.60. The fraction of sp³-hybridized carbons (Fsp3) is 0.769. The van der Waals surface area contributed by atoms with Gasteiger partial charge >= 0.3 is 12.2 Å². The van der Waals surface area contributed by atoms with Crippen LogP contribution in [0.5, 0.6) is 0 Å². The molecule has 0 aromatic carbocycles. The number of carboxylic acid groups (broad SMARTS) is 1. The predicted molar refractivity (Wildman–Crippen MR) is 73.6 cm³/mol. The summed E-state index contributed by atoms with van der Waals surface area (Å²) in [6.45, 7) is 6.71. The predicted octanol–water partition coefficient (Wildman–Crippen LogP) is 1.62. The largest absolute Gasteiger partial charge is 0.465 e. The maximum atomic E-state index is 11.2. The number of amides is 2. The lowest BCUT2D eigenvalue weighted by molar-refractivity contribution is -0.110. The van der Waals surface area contributed by atoms with E-state index in [-0.39, 0.29) is 17.9 Å². The molecule has 0 saturated heterocycles. The summed E-state index contributed by atoms with van der Waals surface area (Å²) in [6, 6.07) is 0. The Bertz CT molecular complexity index is 331. The van der Waals surface area contributed by atoms with E-state index >= 15 is 0 Å². The zero-order chi connectivity index (χ0) is 15.6. The Hall–Kier alpha value is -1.79. The topological polar surface area (TPSA) is 105 Å². The molecular formula is C13H24N2O5. The third-order valence-electron chi connectivity index (χ3n) is 2.86. The summed E-state index contributed by atoms with van der Waals surface area (Å²) in [6.07, 6.45) is 0.450. The maximum Gasteiger partial charge on any atom is 0.407 e. The molecule has 0 rings (SSSR count). The molecule has 20 heavy (non-hydrogen) atoms. The van der Waals surface area contributed by atoms with Crippen LogP contribution in [0.4, 0.5) is 9.59 Å². The van der Waals surface area contributed by atoms with E-state index in [4.69, 9.17) is 5.11 Å². The van der Waals surface area contributed by atoms with Gasteiger partial charge in [0.25, 0.3) is 0 Å². The minimum Gasteiger partial charge on any atom is -0.465 e. The van der Waals surface area contributed by atoms with Crippen molar-refractivity contribution in [2.45, 2.75) is 33.6 Å². The first kappa shape index (κ1) is 18.2. The average molecular weight is 288 g/mol. The Kier molecular flexibility index (Phi) is 8.35. The van der Waals surface area contributed by atoms with Gasteiger partial charge in [-0.1, -0.05) is 20.8 Å². The second kappa shape index (κ2) is 9.17. The van der Waals surface area contributed by atoms with Crippen molar-refractivity contribution in [3.8, 4) is 0 Å². The van der Waals surface area contributed by atoms with Gasteiger partial charge in [-0.15, -0.1) is 0 Å². The molecule has 3 N–H and O–H groups in total. The van der Waals surface area contributed by atoms with E-state index in [0.717, 1.165) is 12.8 Å². The summed E-state index contributed by atoms with van der Waals surface area (Å²) in [5, 5.41) is 13.4. The van der Waals surface area contributed by atoms with Crippen LogP contribution in [0.25, 0.3) is 0 Å². The van der Waals surface area contributed by atoms with Crippen LogP contribution in [0.2, 0.25) is 0 Å². The van der Waals surface area contributed by atoms with Gasteiger partial charge in [-0.3, -0.25) is 4.79 Å². The fourth-order valence-electron chi connectivity index (χ4n) is 2.04. The SMILES string of the molecule is CC(CNC(=O)OCC=O)CC(C)(C)CCNC(=O)O. The summed E-state index contributed by atoms with van der Waals surface area (Å²) in [4.78, 5) is 31.6. The molecule has 0 heterocycles. The van der Waals surface area contributed by atoms with E-state index < -0.39 is 12.2 Å². The Balaban J connectivity index is 3.92. The molecule has 0 saturated carbocycles. The van der Waals surface area contributed by atoms with Crippen molar-refractivity contribution in [1.82, 2.24) is 10.6 Å². The van der Waals surface area contributed by atoms with Gasteiger partial charge in [0.05, 0.1) is 0 Å². The maximum absolute atomic E-state index is 11.2. The first-order valence-corrected chi connectivity index (χ1v) is 6.58. The Morgan fingerprint density at radius 2 is 2.00 bits per heavy atom. The fourth-order valence-corrected chi connectivity index (χ4v) is 2.04. The summed E-state index contributed by atoms with van der Waals surface area (Å²) in [5.74, 6) is 0.221. The molecule has 0 aliphatic rings. The smallest absolute Gasteiger partial charge is 0.407 e. The zero-order valence-corrected chi connectivity index (χ0v) is 12.3. The van der Waals surface area contributed by atoms with E-state index in [1.54, 1.807) is 0 Å². The normalized spacial score (nSPS) is 12.3. The van der Waals surface area contributed by atoms with Crippen molar-refractivity contribution < 1.29 is 24.2 Å². The Labute approximate surface area is 119 Å². The van der Waals surface area contributed by atoms with Crippen LogP contribution in [0.1, 0.15) is 33.6 Å². The van der Waals surface area contributed by atoms with Crippen LogP contribution in [-0.2, 0) is 9.53 Å². The lowest BCUT2D eigenvalue weighted by atomic mass is 9.80. The number of hydrogen-bond acceptors (Lipinski definition) is 4. The number of carbonyl (C=O) groups is 3. The molecule has 1 unspecified atom stereocenters. The van der Waals surface area contributed by atoms with Crippen molar-refractivity contribution in [3.63, 3.8) is 0 Å². The van der Waals surface area contributed by atoms with Crippen LogP contribution < -0.4 is 10.6 Å². The number of alkyl carbamates (subject to hydrolysis) is 1. The highest BCUT2D eigenvalue weighted by atomic mass is 16.5. The molecule has 7 nitrogen and oxygen atoms in total. The van der Waals surface area contributed by atoms with Gasteiger partial charge in [0.2, 0.25) is 0 Å². The lowest BCUT2D eigenvalue weighted by Gasteiger charge is -2.28. The molecular weight excluding hydrogens is 264 g/mol. The minimum atomic E-state index is -1.02. The number of hydrogen-bond donors (Lipinski definition) is 3. The van der Waals surface area contributed by atoms with Crippen LogP contribution in [0.3, 0.4) is 0 Å². The van der Waals surface area contributed by atoms with Crippen molar-refractivity contribution in [2.24, 2.45) is 11.3 Å². The number of carbonyl (C=O) groups excluding carboxylic acids is 2. The standard InChI is InChI=1S/C13H24N2O5/c1-10(9-15-12(19)20-7-6-16)8-13(2,3)4-5-14-11(17)18/h6,10,14H,4-5,7-9H2,1-3H3,(H,15,19)(H,17,18). The van der Waals surface area contributed by atoms with E-state index in [1.165, 1.54) is 0 Å². The molecule has 0 aromatic rings. The van der Waals surface area contributed by atoms with E-state index in [1.807, 2.05) is 6.92 Å². The van der Waals surface area contributed by atoms with Crippen molar-refractivity contribution in [1.29, 1.82) is 0 Å². The summed E-state index contributed by atoms with van der Waals surface area (Å²) < 4.78 is 4.57. The van der Waals surface area contributed by atoms with Gasteiger partial charge in [-0.25, -0.2) is 9.59 Å². The van der Waals surface area contributed by atoms with Crippen LogP contribution >= 0.6 is 0 Å². The molecule has 0 aliphatic carbocycles. The third kappa shape index (κ3) is 10.2. The average Bonchev–Trinajstić information content (AvgIpc) is 2.32. The summed E-state index contributed by atoms with van der Waals surface area (Å²) in [5.41, 5.74) is -0.0315. The first-order chi connectivity index (χ1) is 9.26. The molecule has 0 bridgehead atoms. The molecule has 1 atom stereocenters. The molecule has 0 aromatic heterocycles. The molecule has 2 amide bonds.